The lowest BCUT2D eigenvalue weighted by Gasteiger charge is -2.34. The van der Waals surface area contributed by atoms with Gasteiger partial charge in [0.05, 0.1) is 11.4 Å². The zero-order valence-electron chi connectivity index (χ0n) is 12.8. The Labute approximate surface area is 128 Å². The van der Waals surface area contributed by atoms with Crippen LogP contribution in [0.2, 0.25) is 0 Å². The van der Waals surface area contributed by atoms with Gasteiger partial charge < -0.3 is 9.88 Å². The number of aromatic amines is 1. The van der Waals surface area contributed by atoms with Crippen molar-refractivity contribution in [2.75, 3.05) is 18.0 Å². The molecule has 1 aliphatic rings. The van der Waals surface area contributed by atoms with E-state index in [0.717, 1.165) is 54.4 Å². The minimum Gasteiger partial charge on any atom is -0.354 e. The lowest BCUT2D eigenvalue weighted by Crippen LogP contribution is -2.38. The van der Waals surface area contributed by atoms with Crippen molar-refractivity contribution in [2.24, 2.45) is 0 Å². The summed E-state index contributed by atoms with van der Waals surface area (Å²) in [6.07, 6.45) is 5.79. The van der Waals surface area contributed by atoms with E-state index in [0.29, 0.717) is 6.04 Å². The quantitative estimate of drug-likeness (QED) is 0.783. The number of hydrogen-bond acceptors (Lipinski definition) is 5. The molecule has 4 rings (SSSR count). The van der Waals surface area contributed by atoms with Gasteiger partial charge in [-0.15, -0.1) is 0 Å². The van der Waals surface area contributed by atoms with Gasteiger partial charge in [0, 0.05) is 19.3 Å². The fourth-order valence-corrected chi connectivity index (χ4v) is 3.34. The first-order chi connectivity index (χ1) is 10.7. The van der Waals surface area contributed by atoms with Crippen molar-refractivity contribution in [1.29, 1.82) is 0 Å². The molecule has 22 heavy (non-hydrogen) atoms. The Kier molecular flexibility index (Phi) is 3.06. The van der Waals surface area contributed by atoms with Crippen molar-refractivity contribution < 1.29 is 0 Å². The summed E-state index contributed by atoms with van der Waals surface area (Å²) in [6, 6.07) is 2.39. The van der Waals surface area contributed by atoms with Crippen LogP contribution in [0.25, 0.3) is 11.0 Å². The number of fused-ring (bicyclic) bond motifs is 1. The number of aromatic nitrogens is 6. The van der Waals surface area contributed by atoms with E-state index in [2.05, 4.69) is 34.6 Å². The van der Waals surface area contributed by atoms with Gasteiger partial charge >= 0.3 is 0 Å². The minimum atomic E-state index is 0.346. The first-order valence-electron chi connectivity index (χ1n) is 7.65. The maximum absolute atomic E-state index is 4.55. The maximum Gasteiger partial charge on any atom is 0.147 e. The third kappa shape index (κ3) is 2.13. The Morgan fingerprint density at radius 3 is 3.00 bits per heavy atom. The van der Waals surface area contributed by atoms with Gasteiger partial charge in [0.25, 0.3) is 0 Å². The highest BCUT2D eigenvalue weighted by Gasteiger charge is 2.25. The van der Waals surface area contributed by atoms with Crippen LogP contribution in [-0.4, -0.2) is 42.8 Å². The number of nitrogens with zero attached hydrogens (tertiary/aromatic N) is 6. The molecule has 1 unspecified atom stereocenters. The Morgan fingerprint density at radius 1 is 1.27 bits per heavy atom. The highest BCUT2D eigenvalue weighted by molar-refractivity contribution is 5.87. The van der Waals surface area contributed by atoms with Crippen LogP contribution in [0, 0.1) is 13.8 Å². The highest BCUT2D eigenvalue weighted by Crippen LogP contribution is 2.29. The predicted molar refractivity (Wildman–Crippen MR) is 83.9 cm³/mol. The van der Waals surface area contributed by atoms with E-state index < -0.39 is 0 Å². The van der Waals surface area contributed by atoms with E-state index in [1.54, 1.807) is 6.33 Å². The van der Waals surface area contributed by atoms with E-state index >= 15 is 0 Å². The second-order valence-electron chi connectivity index (χ2n) is 5.83. The number of nitrogens with one attached hydrogen (secondary N) is 1. The highest BCUT2D eigenvalue weighted by atomic mass is 15.4. The SMILES string of the molecule is Cc1nc(C)n(C2CCCN(c3ncnc4[nH]ccc34)C2)n1. The molecule has 4 heterocycles. The molecule has 0 radical (unpaired) electrons. The summed E-state index contributed by atoms with van der Waals surface area (Å²) in [7, 11) is 0. The van der Waals surface area contributed by atoms with E-state index in [1.807, 2.05) is 26.1 Å². The number of H-pyrrole nitrogens is 1. The smallest absolute Gasteiger partial charge is 0.147 e. The molecule has 114 valence electrons. The lowest BCUT2D eigenvalue weighted by atomic mass is 10.1. The fraction of sp³-hybridized carbons (Fsp3) is 0.467. The van der Waals surface area contributed by atoms with E-state index in [-0.39, 0.29) is 0 Å². The molecule has 7 heteroatoms. The van der Waals surface area contributed by atoms with Crippen LogP contribution >= 0.6 is 0 Å². The van der Waals surface area contributed by atoms with Crippen LogP contribution < -0.4 is 4.90 Å². The lowest BCUT2D eigenvalue weighted by molar-refractivity contribution is 0.367. The summed E-state index contributed by atoms with van der Waals surface area (Å²) in [5.74, 6) is 2.83. The molecule has 7 nitrogen and oxygen atoms in total. The van der Waals surface area contributed by atoms with Crippen molar-refractivity contribution in [1.82, 2.24) is 29.7 Å². The van der Waals surface area contributed by atoms with Gasteiger partial charge in [-0.2, -0.15) is 5.10 Å². The molecule has 0 aromatic carbocycles. The Hall–Kier alpha value is -2.44. The summed E-state index contributed by atoms with van der Waals surface area (Å²) in [6.45, 7) is 5.88. The summed E-state index contributed by atoms with van der Waals surface area (Å²) in [4.78, 5) is 18.7. The molecule has 1 saturated heterocycles. The molecule has 1 atom stereocenters. The predicted octanol–water partition coefficient (Wildman–Crippen LogP) is 2.01. The van der Waals surface area contributed by atoms with Crippen LogP contribution in [0.1, 0.15) is 30.5 Å². The van der Waals surface area contributed by atoms with Crippen molar-refractivity contribution in [3.63, 3.8) is 0 Å². The third-order valence-electron chi connectivity index (χ3n) is 4.28. The van der Waals surface area contributed by atoms with Gasteiger partial charge in [0.1, 0.15) is 29.4 Å². The molecule has 1 N–H and O–H groups in total. The third-order valence-corrected chi connectivity index (χ3v) is 4.28. The molecule has 1 fully saturated rings. The van der Waals surface area contributed by atoms with Gasteiger partial charge in [0.15, 0.2) is 0 Å². The number of piperidine rings is 1. The Balaban J connectivity index is 1.66. The molecule has 0 bridgehead atoms. The normalized spacial score (nSPS) is 19.0. The fourth-order valence-electron chi connectivity index (χ4n) is 3.34. The average Bonchev–Trinajstić information content (AvgIpc) is 3.13. The van der Waals surface area contributed by atoms with Gasteiger partial charge in [-0.3, -0.25) is 0 Å². The molecule has 0 aliphatic carbocycles. The number of anilines is 1. The largest absolute Gasteiger partial charge is 0.354 e. The molecule has 3 aromatic rings. The minimum absolute atomic E-state index is 0.346. The topological polar surface area (TPSA) is 75.5 Å². The Morgan fingerprint density at radius 2 is 2.18 bits per heavy atom. The zero-order chi connectivity index (χ0) is 15.1. The van der Waals surface area contributed by atoms with Gasteiger partial charge in [-0.1, -0.05) is 0 Å². The molecule has 0 amide bonds. The van der Waals surface area contributed by atoms with Crippen molar-refractivity contribution in [2.45, 2.75) is 32.7 Å². The second kappa shape index (κ2) is 5.08. The van der Waals surface area contributed by atoms with Gasteiger partial charge in [-0.05, 0) is 32.8 Å². The summed E-state index contributed by atoms with van der Waals surface area (Å²) in [5.41, 5.74) is 0.889. The van der Waals surface area contributed by atoms with Crippen molar-refractivity contribution >= 4 is 16.9 Å². The zero-order valence-corrected chi connectivity index (χ0v) is 12.8. The van der Waals surface area contributed by atoms with Crippen molar-refractivity contribution in [3.05, 3.63) is 30.2 Å². The van der Waals surface area contributed by atoms with E-state index in [9.17, 15) is 0 Å². The van der Waals surface area contributed by atoms with Crippen LogP contribution in [-0.2, 0) is 0 Å². The van der Waals surface area contributed by atoms with E-state index in [1.165, 1.54) is 0 Å². The number of aryl methyl sites for hydroxylation is 2. The van der Waals surface area contributed by atoms with Crippen molar-refractivity contribution in [3.8, 4) is 0 Å². The summed E-state index contributed by atoms with van der Waals surface area (Å²) < 4.78 is 2.07. The summed E-state index contributed by atoms with van der Waals surface area (Å²) >= 11 is 0. The van der Waals surface area contributed by atoms with Crippen LogP contribution in [0.5, 0.6) is 0 Å². The van der Waals surface area contributed by atoms with Gasteiger partial charge in [-0.25, -0.2) is 19.6 Å². The van der Waals surface area contributed by atoms with Crippen LogP contribution in [0.4, 0.5) is 5.82 Å². The Bertz CT molecular complexity index is 803. The average molecular weight is 297 g/mol. The first-order valence-corrected chi connectivity index (χ1v) is 7.65. The maximum atomic E-state index is 4.55. The molecule has 1 aliphatic heterocycles. The monoisotopic (exact) mass is 297 g/mol. The molecular weight excluding hydrogens is 278 g/mol. The molecule has 3 aromatic heterocycles. The summed E-state index contributed by atoms with van der Waals surface area (Å²) in [5, 5.41) is 5.63. The van der Waals surface area contributed by atoms with Crippen LogP contribution in [0.15, 0.2) is 18.6 Å². The molecule has 0 spiro atoms. The molecule has 0 saturated carbocycles. The second-order valence-corrected chi connectivity index (χ2v) is 5.83. The van der Waals surface area contributed by atoms with E-state index in [4.69, 9.17) is 0 Å². The standard InChI is InChI=1S/C15H19N7/c1-10-19-11(2)22(20-10)12-4-3-7-21(8-12)15-13-5-6-16-14(13)17-9-18-15/h5-6,9,12H,3-4,7-8H2,1-2H3,(H,16,17,18). The number of hydrogen-bond donors (Lipinski definition) is 1. The number of rotatable bonds is 2. The first kappa shape index (κ1) is 13.2. The molecular formula is C15H19N7. The van der Waals surface area contributed by atoms with Gasteiger partial charge in [0.2, 0.25) is 0 Å². The van der Waals surface area contributed by atoms with Crippen LogP contribution in [0.3, 0.4) is 0 Å².